The van der Waals surface area contributed by atoms with Gasteiger partial charge in [-0.2, -0.15) is 0 Å². The minimum Gasteiger partial charge on any atom is -0.322 e. The zero-order valence-corrected chi connectivity index (χ0v) is 10.8. The maximum Gasteiger partial charge on any atom is 0.256 e. The molecule has 0 bridgehead atoms. The smallest absolute Gasteiger partial charge is 0.256 e. The van der Waals surface area contributed by atoms with E-state index in [-0.39, 0.29) is 10.9 Å². The van der Waals surface area contributed by atoms with Crippen LogP contribution in [0.3, 0.4) is 0 Å². The Morgan fingerprint density at radius 2 is 1.94 bits per heavy atom. The number of nitrogens with one attached hydrogen (secondary N) is 1. The van der Waals surface area contributed by atoms with Gasteiger partial charge in [-0.1, -0.05) is 23.7 Å². The minimum atomic E-state index is -0.503. The summed E-state index contributed by atoms with van der Waals surface area (Å²) in [4.78, 5) is 12.5. The predicted octanol–water partition coefficient (Wildman–Crippen LogP) is 4.02. The van der Waals surface area contributed by atoms with Crippen molar-refractivity contribution in [3.8, 4) is 0 Å². The van der Waals surface area contributed by atoms with Gasteiger partial charge in [-0.3, -0.25) is 4.79 Å². The Morgan fingerprint density at radius 3 is 2.61 bits per heavy atom. The highest BCUT2D eigenvalue weighted by atomic mass is 35.5. The molecule has 0 unspecified atom stereocenters. The molecule has 0 spiro atoms. The number of carbonyl (C=O) groups is 1. The highest BCUT2D eigenvalue weighted by molar-refractivity contribution is 7.80. The molecule has 0 atom stereocenters. The molecule has 0 radical (unpaired) electrons. The summed E-state index contributed by atoms with van der Waals surface area (Å²) in [5.41, 5.74) is 0.725. The van der Waals surface area contributed by atoms with Crippen molar-refractivity contribution < 1.29 is 9.18 Å². The van der Waals surface area contributed by atoms with Crippen molar-refractivity contribution in [1.29, 1.82) is 0 Å². The predicted molar refractivity (Wildman–Crippen MR) is 73.1 cm³/mol. The molecule has 2 aromatic rings. The van der Waals surface area contributed by atoms with Gasteiger partial charge in [0.1, 0.15) is 5.82 Å². The Bertz CT molecular complexity index is 583. The van der Waals surface area contributed by atoms with E-state index in [1.165, 1.54) is 18.2 Å². The van der Waals surface area contributed by atoms with Crippen LogP contribution < -0.4 is 5.32 Å². The fraction of sp³-hybridized carbons (Fsp3) is 0. The monoisotopic (exact) mass is 281 g/mol. The number of benzene rings is 2. The summed E-state index contributed by atoms with van der Waals surface area (Å²) in [5, 5.41) is 2.79. The summed E-state index contributed by atoms with van der Waals surface area (Å²) in [6.45, 7) is 0. The molecule has 92 valence electrons. The maximum absolute atomic E-state index is 13.1. The molecular formula is C13H9ClFNOS. The number of rotatable bonds is 2. The third-order valence-corrected chi connectivity index (χ3v) is 2.88. The van der Waals surface area contributed by atoms with E-state index in [2.05, 4.69) is 17.9 Å². The van der Waals surface area contributed by atoms with Gasteiger partial charge in [0.15, 0.2) is 0 Å². The molecule has 0 saturated carbocycles. The van der Waals surface area contributed by atoms with Crippen LogP contribution in [0.1, 0.15) is 10.4 Å². The third-order valence-electron chi connectivity index (χ3n) is 2.27. The number of thiol groups is 1. The Balaban J connectivity index is 2.24. The first kappa shape index (κ1) is 12.9. The fourth-order valence-electron chi connectivity index (χ4n) is 1.49. The van der Waals surface area contributed by atoms with Crippen molar-refractivity contribution in [2.75, 3.05) is 5.32 Å². The standard InChI is InChI=1S/C13H9ClFNOS/c14-8-5-9(15)7-10(6-8)16-13(17)11-3-1-2-4-12(11)18/h1-7,18H,(H,16,17). The number of carbonyl (C=O) groups excluding carboxylic acids is 1. The maximum atomic E-state index is 13.1. The van der Waals surface area contributed by atoms with Gasteiger partial charge in [-0.15, -0.1) is 12.6 Å². The first-order chi connectivity index (χ1) is 8.56. The molecule has 2 aromatic carbocycles. The van der Waals surface area contributed by atoms with Crippen molar-refractivity contribution in [3.05, 3.63) is 58.9 Å². The molecule has 1 amide bonds. The zero-order valence-electron chi connectivity index (χ0n) is 9.15. The van der Waals surface area contributed by atoms with E-state index < -0.39 is 5.82 Å². The number of hydrogen-bond donors (Lipinski definition) is 2. The summed E-state index contributed by atoms with van der Waals surface area (Å²) >= 11 is 9.89. The van der Waals surface area contributed by atoms with Crippen molar-refractivity contribution in [2.45, 2.75) is 4.90 Å². The van der Waals surface area contributed by atoms with Crippen LogP contribution in [0, 0.1) is 5.82 Å². The molecule has 0 aliphatic heterocycles. The average molecular weight is 282 g/mol. The number of halogens is 2. The minimum absolute atomic E-state index is 0.226. The van der Waals surface area contributed by atoms with Gasteiger partial charge in [0, 0.05) is 15.6 Å². The Hall–Kier alpha value is -1.52. The highest BCUT2D eigenvalue weighted by Gasteiger charge is 2.09. The summed E-state index contributed by atoms with van der Waals surface area (Å²) in [6.07, 6.45) is 0. The van der Waals surface area contributed by atoms with Gasteiger partial charge < -0.3 is 5.32 Å². The molecule has 5 heteroatoms. The lowest BCUT2D eigenvalue weighted by Gasteiger charge is -2.07. The SMILES string of the molecule is O=C(Nc1cc(F)cc(Cl)c1)c1ccccc1S. The first-order valence-corrected chi connectivity index (χ1v) is 5.94. The molecule has 18 heavy (non-hydrogen) atoms. The highest BCUT2D eigenvalue weighted by Crippen LogP contribution is 2.20. The normalized spacial score (nSPS) is 10.2. The Kier molecular flexibility index (Phi) is 3.89. The van der Waals surface area contributed by atoms with Crippen LogP contribution in [-0.4, -0.2) is 5.91 Å². The van der Waals surface area contributed by atoms with E-state index >= 15 is 0 Å². The summed E-state index contributed by atoms with van der Waals surface area (Å²) in [6, 6.07) is 10.7. The van der Waals surface area contributed by atoms with Crippen LogP contribution in [0.25, 0.3) is 0 Å². The van der Waals surface area contributed by atoms with Crippen LogP contribution in [-0.2, 0) is 0 Å². The van der Waals surface area contributed by atoms with Crippen LogP contribution in [0.2, 0.25) is 5.02 Å². The van der Waals surface area contributed by atoms with Crippen LogP contribution in [0.4, 0.5) is 10.1 Å². The van der Waals surface area contributed by atoms with E-state index in [1.807, 2.05) is 0 Å². The van der Waals surface area contributed by atoms with Crippen LogP contribution in [0.15, 0.2) is 47.4 Å². The van der Waals surface area contributed by atoms with Crippen molar-refractivity contribution >= 4 is 35.8 Å². The molecule has 0 saturated heterocycles. The van der Waals surface area contributed by atoms with Gasteiger partial charge in [0.2, 0.25) is 0 Å². The second-order valence-corrected chi connectivity index (χ2v) is 4.55. The Morgan fingerprint density at radius 1 is 1.22 bits per heavy atom. The molecule has 2 nitrogen and oxygen atoms in total. The van der Waals surface area contributed by atoms with Crippen LogP contribution in [0.5, 0.6) is 0 Å². The van der Waals surface area contributed by atoms with Crippen molar-refractivity contribution in [3.63, 3.8) is 0 Å². The van der Waals surface area contributed by atoms with E-state index in [0.717, 1.165) is 0 Å². The largest absolute Gasteiger partial charge is 0.322 e. The number of amides is 1. The number of hydrogen-bond acceptors (Lipinski definition) is 2. The van der Waals surface area contributed by atoms with E-state index in [4.69, 9.17) is 11.6 Å². The van der Waals surface area contributed by atoms with Gasteiger partial charge in [0.05, 0.1) is 5.56 Å². The van der Waals surface area contributed by atoms with E-state index in [1.54, 1.807) is 24.3 Å². The van der Waals surface area contributed by atoms with Gasteiger partial charge in [0.25, 0.3) is 5.91 Å². The molecule has 0 aliphatic rings. The molecule has 2 rings (SSSR count). The summed E-state index contributed by atoms with van der Waals surface area (Å²) < 4.78 is 13.1. The van der Waals surface area contributed by atoms with Gasteiger partial charge in [-0.25, -0.2) is 4.39 Å². The molecule has 0 aromatic heterocycles. The molecule has 0 heterocycles. The molecule has 0 aliphatic carbocycles. The lowest BCUT2D eigenvalue weighted by Crippen LogP contribution is -2.12. The lowest BCUT2D eigenvalue weighted by atomic mass is 10.2. The summed E-state index contributed by atoms with van der Waals surface area (Å²) in [5.74, 6) is -0.862. The quantitative estimate of drug-likeness (QED) is 0.800. The Labute approximate surface area is 114 Å². The van der Waals surface area contributed by atoms with Crippen molar-refractivity contribution in [2.24, 2.45) is 0 Å². The molecular weight excluding hydrogens is 273 g/mol. The fourth-order valence-corrected chi connectivity index (χ4v) is 1.97. The topological polar surface area (TPSA) is 29.1 Å². The van der Waals surface area contributed by atoms with E-state index in [0.29, 0.717) is 16.1 Å². The van der Waals surface area contributed by atoms with Gasteiger partial charge in [-0.05, 0) is 30.3 Å². The first-order valence-electron chi connectivity index (χ1n) is 5.12. The van der Waals surface area contributed by atoms with Crippen LogP contribution >= 0.6 is 24.2 Å². The van der Waals surface area contributed by atoms with Crippen molar-refractivity contribution in [1.82, 2.24) is 0 Å². The molecule has 1 N–H and O–H groups in total. The second-order valence-electron chi connectivity index (χ2n) is 3.63. The summed E-state index contributed by atoms with van der Waals surface area (Å²) in [7, 11) is 0. The zero-order chi connectivity index (χ0) is 13.1. The average Bonchev–Trinajstić information content (AvgIpc) is 2.27. The molecule has 0 fully saturated rings. The third kappa shape index (κ3) is 3.03. The van der Waals surface area contributed by atoms with Gasteiger partial charge >= 0.3 is 0 Å². The lowest BCUT2D eigenvalue weighted by molar-refractivity contribution is 0.102. The van der Waals surface area contributed by atoms with E-state index in [9.17, 15) is 9.18 Å². The number of anilines is 1. The second kappa shape index (κ2) is 5.42.